The largest absolute Gasteiger partial charge is 0.497 e. The fourth-order valence-electron chi connectivity index (χ4n) is 3.65. The molecule has 0 bridgehead atoms. The van der Waals surface area contributed by atoms with E-state index in [9.17, 15) is 18.0 Å². The van der Waals surface area contributed by atoms with Crippen molar-refractivity contribution in [3.05, 3.63) is 59.7 Å². The van der Waals surface area contributed by atoms with Gasteiger partial charge in [-0.1, -0.05) is 24.3 Å². The summed E-state index contributed by atoms with van der Waals surface area (Å²) in [6, 6.07) is 13.3. The Labute approximate surface area is 213 Å². The van der Waals surface area contributed by atoms with Gasteiger partial charge in [-0.05, 0) is 61.6 Å². The van der Waals surface area contributed by atoms with E-state index >= 15 is 0 Å². The predicted molar refractivity (Wildman–Crippen MR) is 136 cm³/mol. The van der Waals surface area contributed by atoms with Crippen LogP contribution in [-0.4, -0.2) is 64.6 Å². The Morgan fingerprint density at radius 3 is 2.25 bits per heavy atom. The molecule has 1 aliphatic rings. The molecule has 0 spiro atoms. The van der Waals surface area contributed by atoms with Gasteiger partial charge in [0, 0.05) is 32.7 Å². The van der Waals surface area contributed by atoms with Crippen LogP contribution in [0.15, 0.2) is 53.4 Å². The fraction of sp³-hybridized carbons (Fsp3) is 0.462. The molecule has 2 N–H and O–H groups in total. The number of carbonyl (C=O) groups excluding carboxylic acids is 2. The minimum Gasteiger partial charge on any atom is -0.497 e. The van der Waals surface area contributed by atoms with Crippen molar-refractivity contribution in [2.45, 2.75) is 56.1 Å². The number of rotatable bonds is 14. The van der Waals surface area contributed by atoms with E-state index in [1.54, 1.807) is 50.3 Å². The number of hydrogen-bond acceptors (Lipinski definition) is 6. The summed E-state index contributed by atoms with van der Waals surface area (Å²) in [5.74, 6) is 0.277. The Bertz CT molecular complexity index is 1120. The molecule has 0 aromatic heterocycles. The molecule has 196 valence electrons. The first-order valence-electron chi connectivity index (χ1n) is 12.0. The number of sulfonamides is 1. The van der Waals surface area contributed by atoms with Crippen LogP contribution in [0.2, 0.25) is 0 Å². The van der Waals surface area contributed by atoms with Gasteiger partial charge in [-0.15, -0.1) is 0 Å². The third-order valence-corrected chi connectivity index (χ3v) is 7.58. The molecule has 1 atom stereocenters. The molecule has 0 radical (unpaired) electrons. The van der Waals surface area contributed by atoms with Crippen molar-refractivity contribution < 1.29 is 27.5 Å². The van der Waals surface area contributed by atoms with Crippen molar-refractivity contribution in [2.75, 3.05) is 27.4 Å². The Balaban J connectivity index is 1.66. The van der Waals surface area contributed by atoms with Gasteiger partial charge in [-0.3, -0.25) is 9.59 Å². The van der Waals surface area contributed by atoms with Gasteiger partial charge in [-0.25, -0.2) is 13.1 Å². The summed E-state index contributed by atoms with van der Waals surface area (Å²) in [6.45, 7) is 2.71. The summed E-state index contributed by atoms with van der Waals surface area (Å²) in [7, 11) is -0.374. The Morgan fingerprint density at radius 2 is 1.67 bits per heavy atom. The molecule has 0 aliphatic heterocycles. The van der Waals surface area contributed by atoms with Crippen LogP contribution >= 0.6 is 0 Å². The highest BCUT2D eigenvalue weighted by atomic mass is 32.2. The van der Waals surface area contributed by atoms with E-state index in [0.29, 0.717) is 25.3 Å². The second-order valence-electron chi connectivity index (χ2n) is 8.87. The number of benzene rings is 2. The van der Waals surface area contributed by atoms with E-state index in [4.69, 9.17) is 9.47 Å². The standard InChI is InChI=1S/C26H35N3O6S/c1-19(26(31)27-16-17-34-2)29(18-21-4-11-23(35-3)12-5-21)25(30)15-8-20-6-13-24(14-7-20)36(32,33)28-22-9-10-22/h4-7,11-14,19,22,28H,8-10,15-18H2,1-3H3,(H,27,31)/t19-/m0/s1. The third kappa shape index (κ3) is 8.04. The number of ether oxygens (including phenoxy) is 2. The molecule has 36 heavy (non-hydrogen) atoms. The van der Waals surface area contributed by atoms with Gasteiger partial charge < -0.3 is 19.7 Å². The average Bonchev–Trinajstić information content (AvgIpc) is 3.69. The lowest BCUT2D eigenvalue weighted by molar-refractivity contribution is -0.140. The summed E-state index contributed by atoms with van der Waals surface area (Å²) >= 11 is 0. The molecule has 3 rings (SSSR count). The van der Waals surface area contributed by atoms with E-state index < -0.39 is 16.1 Å². The van der Waals surface area contributed by atoms with Gasteiger partial charge >= 0.3 is 0 Å². The zero-order valence-corrected chi connectivity index (χ0v) is 21.8. The quantitative estimate of drug-likeness (QED) is 0.372. The first kappa shape index (κ1) is 27.6. The molecule has 10 heteroatoms. The Hall–Kier alpha value is -2.95. The van der Waals surface area contributed by atoms with Crippen molar-refractivity contribution >= 4 is 21.8 Å². The van der Waals surface area contributed by atoms with Gasteiger partial charge in [0.2, 0.25) is 21.8 Å². The zero-order chi connectivity index (χ0) is 26.1. The lowest BCUT2D eigenvalue weighted by atomic mass is 10.1. The van der Waals surface area contributed by atoms with Crippen LogP contribution in [0.5, 0.6) is 5.75 Å². The number of nitrogens with zero attached hydrogens (tertiary/aromatic N) is 1. The van der Waals surface area contributed by atoms with E-state index in [2.05, 4.69) is 10.0 Å². The lowest BCUT2D eigenvalue weighted by Gasteiger charge is -2.29. The molecule has 0 saturated heterocycles. The average molecular weight is 518 g/mol. The van der Waals surface area contributed by atoms with Crippen LogP contribution in [0.25, 0.3) is 0 Å². The maximum absolute atomic E-state index is 13.3. The second-order valence-corrected chi connectivity index (χ2v) is 10.6. The first-order chi connectivity index (χ1) is 17.2. The minimum atomic E-state index is -3.52. The topological polar surface area (TPSA) is 114 Å². The molecular formula is C26H35N3O6S. The van der Waals surface area contributed by atoms with Gasteiger partial charge in [0.1, 0.15) is 11.8 Å². The number of hydrogen-bond donors (Lipinski definition) is 2. The lowest BCUT2D eigenvalue weighted by Crippen LogP contribution is -2.48. The smallest absolute Gasteiger partial charge is 0.242 e. The Kier molecular flexibility index (Phi) is 9.86. The molecule has 0 unspecified atom stereocenters. The molecule has 1 fully saturated rings. The minimum absolute atomic E-state index is 0.0395. The van der Waals surface area contributed by atoms with E-state index in [-0.39, 0.29) is 35.7 Å². The third-order valence-electron chi connectivity index (χ3n) is 6.05. The maximum Gasteiger partial charge on any atom is 0.242 e. The number of aryl methyl sites for hydroxylation is 1. The van der Waals surface area contributed by atoms with Crippen molar-refractivity contribution in [1.29, 1.82) is 0 Å². The van der Waals surface area contributed by atoms with Crippen LogP contribution in [0, 0.1) is 0 Å². The normalized spacial score (nSPS) is 14.2. The van der Waals surface area contributed by atoms with Crippen LogP contribution in [0.3, 0.4) is 0 Å². The highest BCUT2D eigenvalue weighted by molar-refractivity contribution is 7.89. The summed E-state index contributed by atoms with van der Waals surface area (Å²) in [5.41, 5.74) is 1.72. The monoisotopic (exact) mass is 517 g/mol. The highest BCUT2D eigenvalue weighted by Crippen LogP contribution is 2.22. The number of methoxy groups -OCH3 is 2. The van der Waals surface area contributed by atoms with Gasteiger partial charge in [0.15, 0.2) is 0 Å². The first-order valence-corrected chi connectivity index (χ1v) is 13.5. The van der Waals surface area contributed by atoms with Crippen molar-refractivity contribution in [2.24, 2.45) is 0 Å². The summed E-state index contributed by atoms with van der Waals surface area (Å²) in [5, 5.41) is 2.79. The number of amides is 2. The van der Waals surface area contributed by atoms with Crippen LogP contribution in [0.4, 0.5) is 0 Å². The molecule has 1 saturated carbocycles. The molecule has 2 aromatic rings. The molecular weight excluding hydrogens is 482 g/mol. The molecule has 1 aliphatic carbocycles. The summed E-state index contributed by atoms with van der Waals surface area (Å²) in [4.78, 5) is 27.7. The van der Waals surface area contributed by atoms with Crippen molar-refractivity contribution in [1.82, 2.24) is 14.9 Å². The van der Waals surface area contributed by atoms with Crippen molar-refractivity contribution in [3.63, 3.8) is 0 Å². The molecule has 9 nitrogen and oxygen atoms in total. The SMILES string of the molecule is COCCNC(=O)[C@H](C)N(Cc1ccc(OC)cc1)C(=O)CCc1ccc(S(=O)(=O)NC2CC2)cc1. The van der Waals surface area contributed by atoms with Crippen LogP contribution < -0.4 is 14.8 Å². The summed E-state index contributed by atoms with van der Waals surface area (Å²) < 4.78 is 37.6. The van der Waals surface area contributed by atoms with Crippen LogP contribution in [-0.2, 0) is 37.3 Å². The maximum atomic E-state index is 13.3. The van der Waals surface area contributed by atoms with Crippen molar-refractivity contribution in [3.8, 4) is 5.75 Å². The zero-order valence-electron chi connectivity index (χ0n) is 21.0. The Morgan fingerprint density at radius 1 is 1.03 bits per heavy atom. The molecule has 2 amide bonds. The summed E-state index contributed by atoms with van der Waals surface area (Å²) in [6.07, 6.45) is 2.34. The molecule has 0 heterocycles. The number of nitrogens with one attached hydrogen (secondary N) is 2. The van der Waals surface area contributed by atoms with Gasteiger partial charge in [-0.2, -0.15) is 0 Å². The van der Waals surface area contributed by atoms with Crippen LogP contribution in [0.1, 0.15) is 37.3 Å². The fourth-order valence-corrected chi connectivity index (χ4v) is 4.96. The van der Waals surface area contributed by atoms with E-state index in [0.717, 1.165) is 24.0 Å². The van der Waals surface area contributed by atoms with Gasteiger partial charge in [0.25, 0.3) is 0 Å². The second kappa shape index (κ2) is 12.8. The number of carbonyl (C=O) groups is 2. The predicted octanol–water partition coefficient (Wildman–Crippen LogP) is 2.25. The highest BCUT2D eigenvalue weighted by Gasteiger charge is 2.28. The van der Waals surface area contributed by atoms with E-state index in [1.807, 2.05) is 24.3 Å². The molecule has 2 aromatic carbocycles. The van der Waals surface area contributed by atoms with Gasteiger partial charge in [0.05, 0.1) is 18.6 Å². The van der Waals surface area contributed by atoms with E-state index in [1.165, 1.54) is 0 Å².